The van der Waals surface area contributed by atoms with E-state index < -0.39 is 5.97 Å². The molecule has 0 bridgehead atoms. The second-order valence-corrected chi connectivity index (χ2v) is 4.69. The molecule has 1 aliphatic rings. The molecule has 2 rings (SSSR count). The van der Waals surface area contributed by atoms with E-state index in [1.54, 1.807) is 6.08 Å². The number of benzene rings is 1. The normalized spacial score (nSPS) is 16.6. The maximum absolute atomic E-state index is 10.7. The quantitative estimate of drug-likeness (QED) is 0.848. The smallest absolute Gasteiger partial charge is 0.328 e. The molecule has 1 N–H and O–H groups in total. The van der Waals surface area contributed by atoms with Gasteiger partial charge in [0.05, 0.1) is 6.61 Å². The van der Waals surface area contributed by atoms with Crippen LogP contribution in [-0.4, -0.2) is 37.4 Å². The van der Waals surface area contributed by atoms with Crippen LogP contribution in [0.1, 0.15) is 17.5 Å². The maximum atomic E-state index is 10.7. The third-order valence-corrected chi connectivity index (χ3v) is 3.15. The summed E-state index contributed by atoms with van der Waals surface area (Å²) in [6, 6.07) is 6.13. The van der Waals surface area contributed by atoms with Crippen molar-refractivity contribution >= 4 is 17.7 Å². The molecule has 1 aromatic carbocycles. The fourth-order valence-electron chi connectivity index (χ4n) is 2.24. The van der Waals surface area contributed by atoms with Crippen molar-refractivity contribution < 1.29 is 14.6 Å². The van der Waals surface area contributed by atoms with E-state index in [1.165, 1.54) is 6.08 Å². The van der Waals surface area contributed by atoms with Gasteiger partial charge in [-0.2, -0.15) is 0 Å². The molecule has 1 aromatic rings. The Morgan fingerprint density at radius 2 is 2.21 bits per heavy atom. The third-order valence-electron chi connectivity index (χ3n) is 3.15. The summed E-state index contributed by atoms with van der Waals surface area (Å²) in [6.45, 7) is 5.31. The molecule has 1 aliphatic heterocycles. The Labute approximate surface area is 113 Å². The van der Waals surface area contributed by atoms with Crippen LogP contribution in [0.2, 0.25) is 0 Å². The molecule has 4 heteroatoms. The fourth-order valence-corrected chi connectivity index (χ4v) is 2.24. The number of aryl methyl sites for hydroxylation is 1. The summed E-state index contributed by atoms with van der Waals surface area (Å²) in [5.41, 5.74) is 3.15. The minimum absolute atomic E-state index is 0.718. The van der Waals surface area contributed by atoms with Crippen molar-refractivity contribution in [2.75, 3.05) is 31.2 Å². The van der Waals surface area contributed by atoms with Crippen LogP contribution in [-0.2, 0) is 9.53 Å². The van der Waals surface area contributed by atoms with Crippen molar-refractivity contribution in [1.29, 1.82) is 0 Å². The molecule has 1 saturated heterocycles. The topological polar surface area (TPSA) is 49.8 Å². The van der Waals surface area contributed by atoms with Crippen molar-refractivity contribution in [3.63, 3.8) is 0 Å². The predicted octanol–water partition coefficient (Wildman–Crippen LogP) is 2.32. The van der Waals surface area contributed by atoms with Crippen molar-refractivity contribution in [2.45, 2.75) is 13.3 Å². The molecule has 0 aromatic heterocycles. The van der Waals surface area contributed by atoms with Gasteiger partial charge in [0.2, 0.25) is 0 Å². The first-order valence-electron chi connectivity index (χ1n) is 6.51. The summed E-state index contributed by atoms with van der Waals surface area (Å²) in [5, 5.41) is 8.77. The van der Waals surface area contributed by atoms with Gasteiger partial charge in [0.25, 0.3) is 0 Å². The Kier molecular flexibility index (Phi) is 4.58. The number of rotatable bonds is 3. The van der Waals surface area contributed by atoms with E-state index >= 15 is 0 Å². The van der Waals surface area contributed by atoms with Gasteiger partial charge in [-0.1, -0.05) is 11.6 Å². The van der Waals surface area contributed by atoms with Gasteiger partial charge in [0.15, 0.2) is 0 Å². The van der Waals surface area contributed by atoms with Gasteiger partial charge < -0.3 is 14.7 Å². The lowest BCUT2D eigenvalue weighted by Gasteiger charge is -2.24. The number of ether oxygens (including phenoxy) is 1. The Morgan fingerprint density at radius 1 is 1.37 bits per heavy atom. The molecular weight excluding hydrogens is 242 g/mol. The zero-order valence-corrected chi connectivity index (χ0v) is 11.1. The van der Waals surface area contributed by atoms with Gasteiger partial charge in [-0.25, -0.2) is 4.79 Å². The summed E-state index contributed by atoms with van der Waals surface area (Å²) in [6.07, 6.45) is 3.85. The number of aliphatic carboxylic acids is 1. The molecule has 0 spiro atoms. The number of nitrogens with zero attached hydrogens (tertiary/aromatic N) is 1. The van der Waals surface area contributed by atoms with Crippen LogP contribution in [0.15, 0.2) is 24.3 Å². The molecule has 1 fully saturated rings. The lowest BCUT2D eigenvalue weighted by atomic mass is 10.1. The van der Waals surface area contributed by atoms with Crippen molar-refractivity contribution in [1.82, 2.24) is 0 Å². The first-order valence-corrected chi connectivity index (χ1v) is 6.51. The average Bonchev–Trinajstić information content (AvgIpc) is 2.65. The summed E-state index contributed by atoms with van der Waals surface area (Å²) in [7, 11) is 0. The fraction of sp³-hybridized carbons (Fsp3) is 0.400. The van der Waals surface area contributed by atoms with E-state index in [-0.39, 0.29) is 0 Å². The van der Waals surface area contributed by atoms with E-state index in [0.717, 1.165) is 49.5 Å². The number of carbonyl (C=O) groups is 1. The Bertz CT molecular complexity index is 474. The predicted molar refractivity (Wildman–Crippen MR) is 75.5 cm³/mol. The number of anilines is 1. The first-order chi connectivity index (χ1) is 9.16. The summed E-state index contributed by atoms with van der Waals surface area (Å²) >= 11 is 0. The van der Waals surface area contributed by atoms with Crippen molar-refractivity contribution in [3.8, 4) is 0 Å². The first kappa shape index (κ1) is 13.6. The van der Waals surface area contributed by atoms with E-state index in [9.17, 15) is 4.79 Å². The molecule has 0 aliphatic carbocycles. The van der Waals surface area contributed by atoms with E-state index in [4.69, 9.17) is 9.84 Å². The largest absolute Gasteiger partial charge is 0.478 e. The highest BCUT2D eigenvalue weighted by molar-refractivity contribution is 5.87. The summed E-state index contributed by atoms with van der Waals surface area (Å²) in [4.78, 5) is 12.9. The van der Waals surface area contributed by atoms with Gasteiger partial charge in [-0.3, -0.25) is 0 Å². The second kappa shape index (κ2) is 6.38. The lowest BCUT2D eigenvalue weighted by molar-refractivity contribution is -0.131. The van der Waals surface area contributed by atoms with Crippen molar-refractivity contribution in [3.05, 3.63) is 35.4 Å². The molecule has 1 heterocycles. The minimum atomic E-state index is -0.924. The number of hydrogen-bond acceptors (Lipinski definition) is 3. The minimum Gasteiger partial charge on any atom is -0.478 e. The maximum Gasteiger partial charge on any atom is 0.328 e. The van der Waals surface area contributed by atoms with E-state index in [2.05, 4.69) is 17.0 Å². The molecule has 102 valence electrons. The molecular formula is C15H19NO3. The van der Waals surface area contributed by atoms with E-state index in [0.29, 0.717) is 0 Å². The zero-order valence-electron chi connectivity index (χ0n) is 11.1. The van der Waals surface area contributed by atoms with Crippen LogP contribution in [0.25, 0.3) is 6.08 Å². The van der Waals surface area contributed by atoms with Gasteiger partial charge in [0.1, 0.15) is 0 Å². The monoisotopic (exact) mass is 261 g/mol. The average molecular weight is 261 g/mol. The van der Waals surface area contributed by atoms with Crippen LogP contribution < -0.4 is 4.90 Å². The summed E-state index contributed by atoms with van der Waals surface area (Å²) < 4.78 is 5.45. The molecule has 0 radical (unpaired) electrons. The number of carboxylic acids is 1. The second-order valence-electron chi connectivity index (χ2n) is 4.69. The third kappa shape index (κ3) is 3.83. The standard InChI is InChI=1S/C15H19NO3/c1-12-3-5-14(13(11-12)4-6-15(17)18)16-7-2-9-19-10-8-16/h3-6,11H,2,7-10H2,1H3,(H,17,18)/b6-4+. The highest BCUT2D eigenvalue weighted by Gasteiger charge is 2.12. The van der Waals surface area contributed by atoms with Gasteiger partial charge in [0, 0.05) is 31.5 Å². The number of carboxylic acid groups (broad SMARTS) is 1. The molecule has 0 atom stereocenters. The van der Waals surface area contributed by atoms with Gasteiger partial charge in [-0.15, -0.1) is 0 Å². The van der Waals surface area contributed by atoms with Gasteiger partial charge >= 0.3 is 5.97 Å². The van der Waals surface area contributed by atoms with Crippen molar-refractivity contribution in [2.24, 2.45) is 0 Å². The molecule has 0 unspecified atom stereocenters. The van der Waals surface area contributed by atoms with Crippen LogP contribution in [0.4, 0.5) is 5.69 Å². The SMILES string of the molecule is Cc1ccc(N2CCCOCC2)c(/C=C/C(=O)O)c1. The van der Waals surface area contributed by atoms with Gasteiger partial charge in [-0.05, 0) is 37.1 Å². The van der Waals surface area contributed by atoms with Crippen LogP contribution in [0.5, 0.6) is 0 Å². The number of hydrogen-bond donors (Lipinski definition) is 1. The molecule has 0 amide bonds. The Morgan fingerprint density at radius 3 is 3.00 bits per heavy atom. The highest BCUT2D eigenvalue weighted by atomic mass is 16.5. The van der Waals surface area contributed by atoms with E-state index in [1.807, 2.05) is 13.0 Å². The van der Waals surface area contributed by atoms with Crippen LogP contribution in [0.3, 0.4) is 0 Å². The highest BCUT2D eigenvalue weighted by Crippen LogP contribution is 2.24. The molecule has 4 nitrogen and oxygen atoms in total. The van der Waals surface area contributed by atoms with Crippen LogP contribution >= 0.6 is 0 Å². The Hall–Kier alpha value is -1.81. The van der Waals surface area contributed by atoms with Crippen LogP contribution in [0, 0.1) is 6.92 Å². The zero-order chi connectivity index (χ0) is 13.7. The molecule has 0 saturated carbocycles. The lowest BCUT2D eigenvalue weighted by Crippen LogP contribution is -2.26. The molecule has 19 heavy (non-hydrogen) atoms. The summed E-state index contributed by atoms with van der Waals surface area (Å²) in [5.74, 6) is -0.924. The Balaban J connectivity index is 2.29.